The molecular formula is C15H17N3O2. The monoisotopic (exact) mass is 271 g/mol. The van der Waals surface area contributed by atoms with E-state index < -0.39 is 0 Å². The SMILES string of the molecule is CC1CNCCN1c1nccc2cc3c(cc12)OCO3. The molecule has 0 amide bonds. The van der Waals surface area contributed by atoms with Gasteiger partial charge in [0.15, 0.2) is 11.5 Å². The van der Waals surface area contributed by atoms with Crippen LogP contribution < -0.4 is 19.7 Å². The molecule has 4 rings (SSSR count). The highest BCUT2D eigenvalue weighted by Crippen LogP contribution is 2.38. The second-order valence-electron chi connectivity index (χ2n) is 5.31. The van der Waals surface area contributed by atoms with Crippen molar-refractivity contribution >= 4 is 16.6 Å². The van der Waals surface area contributed by atoms with Crippen molar-refractivity contribution in [2.45, 2.75) is 13.0 Å². The lowest BCUT2D eigenvalue weighted by molar-refractivity contribution is 0.174. The molecule has 20 heavy (non-hydrogen) atoms. The summed E-state index contributed by atoms with van der Waals surface area (Å²) in [5, 5.41) is 5.68. The molecule has 0 radical (unpaired) electrons. The van der Waals surface area contributed by atoms with Gasteiger partial charge in [-0.05, 0) is 30.5 Å². The lowest BCUT2D eigenvalue weighted by Gasteiger charge is -2.35. The average molecular weight is 271 g/mol. The molecule has 5 nitrogen and oxygen atoms in total. The second kappa shape index (κ2) is 4.52. The number of rotatable bonds is 1. The summed E-state index contributed by atoms with van der Waals surface area (Å²) >= 11 is 0. The average Bonchev–Trinajstić information content (AvgIpc) is 2.92. The van der Waals surface area contributed by atoms with E-state index in [1.165, 1.54) is 0 Å². The number of fused-ring (bicyclic) bond motifs is 2. The summed E-state index contributed by atoms with van der Waals surface area (Å²) < 4.78 is 10.9. The Morgan fingerprint density at radius 1 is 1.30 bits per heavy atom. The van der Waals surface area contributed by atoms with Crippen LogP contribution in [0.1, 0.15) is 6.92 Å². The molecular weight excluding hydrogens is 254 g/mol. The first kappa shape index (κ1) is 11.8. The van der Waals surface area contributed by atoms with E-state index in [-0.39, 0.29) is 0 Å². The summed E-state index contributed by atoms with van der Waals surface area (Å²) in [6.45, 7) is 5.48. The molecule has 1 aromatic carbocycles. The fourth-order valence-electron chi connectivity index (χ4n) is 2.93. The molecule has 1 atom stereocenters. The molecule has 0 saturated carbocycles. The van der Waals surface area contributed by atoms with E-state index in [9.17, 15) is 0 Å². The predicted octanol–water partition coefficient (Wildman–Crippen LogP) is 1.76. The van der Waals surface area contributed by atoms with Gasteiger partial charge in [-0.3, -0.25) is 0 Å². The summed E-state index contributed by atoms with van der Waals surface area (Å²) in [5.74, 6) is 2.67. The van der Waals surface area contributed by atoms with Crippen LogP contribution in [-0.4, -0.2) is 37.5 Å². The molecule has 2 aliphatic heterocycles. The van der Waals surface area contributed by atoms with Crippen LogP contribution in [0.25, 0.3) is 10.8 Å². The van der Waals surface area contributed by atoms with E-state index in [0.29, 0.717) is 12.8 Å². The van der Waals surface area contributed by atoms with Crippen molar-refractivity contribution < 1.29 is 9.47 Å². The van der Waals surface area contributed by atoms with E-state index in [1.54, 1.807) is 0 Å². The predicted molar refractivity (Wildman–Crippen MR) is 77.5 cm³/mol. The van der Waals surface area contributed by atoms with E-state index in [1.807, 2.05) is 18.3 Å². The Morgan fingerprint density at radius 3 is 3.00 bits per heavy atom. The number of hydrogen-bond acceptors (Lipinski definition) is 5. The Kier molecular flexibility index (Phi) is 2.67. The third-order valence-corrected chi connectivity index (χ3v) is 4.01. The van der Waals surface area contributed by atoms with Crippen molar-refractivity contribution in [3.8, 4) is 11.5 Å². The number of anilines is 1. The van der Waals surface area contributed by atoms with Crippen molar-refractivity contribution in [1.82, 2.24) is 10.3 Å². The maximum Gasteiger partial charge on any atom is 0.231 e. The van der Waals surface area contributed by atoms with Crippen LogP contribution in [0.4, 0.5) is 5.82 Å². The standard InChI is InChI=1S/C15H17N3O2/c1-10-8-16-4-5-18(10)15-12-7-14-13(19-9-20-14)6-11(12)2-3-17-15/h2-3,6-7,10,16H,4-5,8-9H2,1H3. The maximum atomic E-state index is 5.49. The second-order valence-corrected chi connectivity index (χ2v) is 5.31. The van der Waals surface area contributed by atoms with Crippen LogP contribution in [0.15, 0.2) is 24.4 Å². The number of benzene rings is 1. The fourth-order valence-corrected chi connectivity index (χ4v) is 2.93. The molecule has 1 N–H and O–H groups in total. The minimum absolute atomic E-state index is 0.304. The van der Waals surface area contributed by atoms with Crippen molar-refractivity contribution in [2.75, 3.05) is 31.3 Å². The zero-order valence-corrected chi connectivity index (χ0v) is 11.4. The van der Waals surface area contributed by atoms with Gasteiger partial charge in [-0.1, -0.05) is 0 Å². The van der Waals surface area contributed by atoms with Gasteiger partial charge in [-0.15, -0.1) is 0 Å². The zero-order chi connectivity index (χ0) is 13.5. The Bertz CT molecular complexity index is 659. The number of ether oxygens (including phenoxy) is 2. The van der Waals surface area contributed by atoms with Crippen LogP contribution >= 0.6 is 0 Å². The topological polar surface area (TPSA) is 46.6 Å². The van der Waals surface area contributed by atoms with Crippen molar-refractivity contribution in [3.63, 3.8) is 0 Å². The third kappa shape index (κ3) is 1.78. The Morgan fingerprint density at radius 2 is 2.15 bits per heavy atom. The van der Waals surface area contributed by atoms with Crippen LogP contribution in [0.3, 0.4) is 0 Å². The van der Waals surface area contributed by atoms with Gasteiger partial charge in [0.25, 0.3) is 0 Å². The molecule has 3 heterocycles. The van der Waals surface area contributed by atoms with Gasteiger partial charge in [0.2, 0.25) is 6.79 Å². The minimum Gasteiger partial charge on any atom is -0.454 e. The first-order chi connectivity index (χ1) is 9.83. The summed E-state index contributed by atoms with van der Waals surface area (Å²) in [6.07, 6.45) is 1.87. The van der Waals surface area contributed by atoms with Crippen LogP contribution in [-0.2, 0) is 0 Å². The van der Waals surface area contributed by atoms with Gasteiger partial charge in [0, 0.05) is 37.3 Å². The van der Waals surface area contributed by atoms with Crippen molar-refractivity contribution in [1.29, 1.82) is 0 Å². The molecule has 1 unspecified atom stereocenters. The third-order valence-electron chi connectivity index (χ3n) is 4.01. The molecule has 2 aliphatic rings. The van der Waals surface area contributed by atoms with Gasteiger partial charge >= 0.3 is 0 Å². The number of piperazine rings is 1. The first-order valence-electron chi connectivity index (χ1n) is 6.98. The van der Waals surface area contributed by atoms with Crippen LogP contribution in [0, 0.1) is 0 Å². The Labute approximate surface area is 117 Å². The first-order valence-corrected chi connectivity index (χ1v) is 6.98. The lowest BCUT2D eigenvalue weighted by Crippen LogP contribution is -2.50. The molecule has 104 valence electrons. The molecule has 5 heteroatoms. The molecule has 1 saturated heterocycles. The minimum atomic E-state index is 0.304. The van der Waals surface area contributed by atoms with Crippen LogP contribution in [0.5, 0.6) is 11.5 Å². The van der Waals surface area contributed by atoms with E-state index in [0.717, 1.165) is 47.7 Å². The van der Waals surface area contributed by atoms with Gasteiger partial charge in [0.05, 0.1) is 0 Å². The molecule has 0 spiro atoms. The van der Waals surface area contributed by atoms with E-state index >= 15 is 0 Å². The summed E-state index contributed by atoms with van der Waals surface area (Å²) in [5.41, 5.74) is 0. The number of nitrogens with zero attached hydrogens (tertiary/aromatic N) is 2. The highest BCUT2D eigenvalue weighted by atomic mass is 16.7. The Balaban J connectivity index is 1.86. The van der Waals surface area contributed by atoms with Gasteiger partial charge in [0.1, 0.15) is 5.82 Å². The lowest BCUT2D eigenvalue weighted by atomic mass is 10.1. The highest BCUT2D eigenvalue weighted by molar-refractivity contribution is 5.95. The number of nitrogens with one attached hydrogen (secondary N) is 1. The number of hydrogen-bond donors (Lipinski definition) is 1. The van der Waals surface area contributed by atoms with Crippen molar-refractivity contribution in [3.05, 3.63) is 24.4 Å². The fraction of sp³-hybridized carbons (Fsp3) is 0.400. The summed E-state index contributed by atoms with van der Waals surface area (Å²) in [7, 11) is 0. The van der Waals surface area contributed by atoms with E-state index in [4.69, 9.17) is 9.47 Å². The smallest absolute Gasteiger partial charge is 0.231 e. The molecule has 1 fully saturated rings. The molecule has 0 aliphatic carbocycles. The van der Waals surface area contributed by atoms with Crippen molar-refractivity contribution in [2.24, 2.45) is 0 Å². The zero-order valence-electron chi connectivity index (χ0n) is 11.4. The summed E-state index contributed by atoms with van der Waals surface area (Å²) in [4.78, 5) is 6.97. The molecule has 1 aromatic heterocycles. The summed E-state index contributed by atoms with van der Waals surface area (Å²) in [6, 6.07) is 6.55. The molecule has 0 bridgehead atoms. The number of aromatic nitrogens is 1. The molecule has 2 aromatic rings. The van der Waals surface area contributed by atoms with E-state index in [2.05, 4.69) is 28.2 Å². The Hall–Kier alpha value is -2.01. The number of pyridine rings is 1. The van der Waals surface area contributed by atoms with Gasteiger partial charge in [-0.25, -0.2) is 4.98 Å². The normalized spacial score (nSPS) is 21.4. The van der Waals surface area contributed by atoms with Gasteiger partial charge < -0.3 is 19.7 Å². The van der Waals surface area contributed by atoms with Crippen LogP contribution in [0.2, 0.25) is 0 Å². The quantitative estimate of drug-likeness (QED) is 0.856. The maximum absolute atomic E-state index is 5.49. The largest absolute Gasteiger partial charge is 0.454 e. The van der Waals surface area contributed by atoms with Gasteiger partial charge in [-0.2, -0.15) is 0 Å². The highest BCUT2D eigenvalue weighted by Gasteiger charge is 2.23.